The first-order valence-corrected chi connectivity index (χ1v) is 9.48. The SMILES string of the molecule is C[C@@H]1CN(c2ccc(Br)c3[nH]ccc23)C[C@H](C)N1C(=O)OC(C)(C)C. The van der Waals surface area contributed by atoms with Crippen molar-refractivity contribution in [3.8, 4) is 0 Å². The topological polar surface area (TPSA) is 48.6 Å². The van der Waals surface area contributed by atoms with Gasteiger partial charge in [0.25, 0.3) is 0 Å². The van der Waals surface area contributed by atoms with E-state index in [1.54, 1.807) is 0 Å². The molecule has 1 aliphatic heterocycles. The Balaban J connectivity index is 1.83. The van der Waals surface area contributed by atoms with Crippen molar-refractivity contribution in [2.75, 3.05) is 18.0 Å². The molecule has 0 radical (unpaired) electrons. The first-order chi connectivity index (χ1) is 11.7. The molecule has 2 atom stereocenters. The molecule has 1 aromatic carbocycles. The number of fused-ring (bicyclic) bond motifs is 1. The van der Waals surface area contributed by atoms with Crippen molar-refractivity contribution >= 4 is 38.6 Å². The number of nitrogens with one attached hydrogen (secondary N) is 1. The number of ether oxygens (including phenoxy) is 1. The summed E-state index contributed by atoms with van der Waals surface area (Å²) in [6.07, 6.45) is 1.73. The highest BCUT2D eigenvalue weighted by Crippen LogP contribution is 2.33. The molecule has 3 rings (SSSR count). The molecule has 6 heteroatoms. The Hall–Kier alpha value is -1.69. The summed E-state index contributed by atoms with van der Waals surface area (Å²) >= 11 is 3.60. The normalized spacial score (nSPS) is 21.7. The van der Waals surface area contributed by atoms with Crippen LogP contribution in [0.5, 0.6) is 0 Å². The molecule has 0 unspecified atom stereocenters. The van der Waals surface area contributed by atoms with E-state index in [0.29, 0.717) is 0 Å². The van der Waals surface area contributed by atoms with Crippen molar-refractivity contribution in [1.29, 1.82) is 0 Å². The van der Waals surface area contributed by atoms with Crippen molar-refractivity contribution in [2.45, 2.75) is 52.3 Å². The molecule has 136 valence electrons. The maximum atomic E-state index is 12.6. The van der Waals surface area contributed by atoms with Crippen molar-refractivity contribution in [2.24, 2.45) is 0 Å². The van der Waals surface area contributed by atoms with Crippen LogP contribution in [-0.2, 0) is 4.74 Å². The number of rotatable bonds is 1. The second kappa shape index (κ2) is 6.56. The Morgan fingerprint density at radius 3 is 2.44 bits per heavy atom. The van der Waals surface area contributed by atoms with Gasteiger partial charge in [0.1, 0.15) is 5.60 Å². The molecule has 1 aliphatic rings. The molecule has 1 saturated heterocycles. The zero-order valence-electron chi connectivity index (χ0n) is 15.5. The Morgan fingerprint density at radius 2 is 1.84 bits per heavy atom. The molecule has 1 amide bonds. The molecular weight excluding hydrogens is 382 g/mol. The molecule has 0 saturated carbocycles. The van der Waals surface area contributed by atoms with E-state index in [1.807, 2.05) is 31.9 Å². The molecule has 1 fully saturated rings. The number of carbonyl (C=O) groups is 1. The van der Waals surface area contributed by atoms with Gasteiger partial charge in [0, 0.05) is 34.8 Å². The van der Waals surface area contributed by atoms with Gasteiger partial charge in [-0.2, -0.15) is 0 Å². The Bertz CT molecular complexity index is 769. The number of carbonyl (C=O) groups excluding carboxylic acids is 1. The van der Waals surface area contributed by atoms with Crippen LogP contribution in [0.2, 0.25) is 0 Å². The highest BCUT2D eigenvalue weighted by atomic mass is 79.9. The minimum Gasteiger partial charge on any atom is -0.444 e. The lowest BCUT2D eigenvalue weighted by molar-refractivity contribution is 0.00568. The Labute approximate surface area is 157 Å². The molecule has 0 aliphatic carbocycles. The molecule has 2 heterocycles. The zero-order chi connectivity index (χ0) is 18.4. The van der Waals surface area contributed by atoms with Gasteiger partial charge in [-0.05, 0) is 68.7 Å². The van der Waals surface area contributed by atoms with Crippen molar-refractivity contribution in [3.63, 3.8) is 0 Å². The molecule has 5 nitrogen and oxygen atoms in total. The van der Waals surface area contributed by atoms with Crippen LogP contribution in [0.15, 0.2) is 28.9 Å². The first-order valence-electron chi connectivity index (χ1n) is 8.69. The third-order valence-corrected chi connectivity index (χ3v) is 5.17. The number of nitrogens with zero attached hydrogens (tertiary/aromatic N) is 2. The van der Waals surface area contributed by atoms with Gasteiger partial charge < -0.3 is 14.6 Å². The predicted octanol–water partition coefficient (Wildman–Crippen LogP) is 4.76. The number of hydrogen-bond acceptors (Lipinski definition) is 3. The van der Waals surface area contributed by atoms with Gasteiger partial charge in [0.05, 0.1) is 17.6 Å². The van der Waals surface area contributed by atoms with Gasteiger partial charge in [0.15, 0.2) is 0 Å². The molecular formula is C19H26BrN3O2. The fourth-order valence-electron chi connectivity index (χ4n) is 3.58. The van der Waals surface area contributed by atoms with E-state index < -0.39 is 5.60 Å². The summed E-state index contributed by atoms with van der Waals surface area (Å²) in [6, 6.07) is 6.48. The summed E-state index contributed by atoms with van der Waals surface area (Å²) in [5, 5.41) is 1.19. The second-order valence-electron chi connectivity index (χ2n) is 7.82. The standard InChI is InChI=1S/C19H26BrN3O2/c1-12-10-22(11-13(2)23(12)18(24)25-19(3,4)5)16-7-6-15(20)17-14(16)8-9-21-17/h6-9,12-13,21H,10-11H2,1-5H3/t12-,13+. The van der Waals surface area contributed by atoms with Crippen LogP contribution in [-0.4, -0.2) is 46.8 Å². The summed E-state index contributed by atoms with van der Waals surface area (Å²) in [4.78, 5) is 20.1. The van der Waals surface area contributed by atoms with Crippen molar-refractivity contribution in [1.82, 2.24) is 9.88 Å². The predicted molar refractivity (Wildman–Crippen MR) is 105 cm³/mol. The third kappa shape index (κ3) is 3.64. The fourth-order valence-corrected chi connectivity index (χ4v) is 4.04. The van der Waals surface area contributed by atoms with Crippen LogP contribution < -0.4 is 4.90 Å². The first kappa shape index (κ1) is 18.1. The monoisotopic (exact) mass is 407 g/mol. The zero-order valence-corrected chi connectivity index (χ0v) is 17.1. The average molecular weight is 408 g/mol. The largest absolute Gasteiger partial charge is 0.444 e. The highest BCUT2D eigenvalue weighted by molar-refractivity contribution is 9.10. The highest BCUT2D eigenvalue weighted by Gasteiger charge is 2.36. The second-order valence-corrected chi connectivity index (χ2v) is 8.68. The Morgan fingerprint density at radius 1 is 1.20 bits per heavy atom. The number of piperazine rings is 1. The van der Waals surface area contributed by atoms with Gasteiger partial charge in [-0.25, -0.2) is 4.79 Å². The van der Waals surface area contributed by atoms with Crippen LogP contribution in [0.4, 0.5) is 10.5 Å². The van der Waals surface area contributed by atoms with E-state index in [2.05, 4.69) is 57.9 Å². The summed E-state index contributed by atoms with van der Waals surface area (Å²) in [7, 11) is 0. The molecule has 0 spiro atoms. The quantitative estimate of drug-likeness (QED) is 0.740. The van der Waals surface area contributed by atoms with Crippen molar-refractivity contribution in [3.05, 3.63) is 28.9 Å². The summed E-state index contributed by atoms with van der Waals surface area (Å²) < 4.78 is 6.65. The Kier molecular flexibility index (Phi) is 4.75. The molecule has 1 aromatic heterocycles. The number of benzene rings is 1. The lowest BCUT2D eigenvalue weighted by atomic mass is 10.1. The number of amides is 1. The van der Waals surface area contributed by atoms with E-state index in [4.69, 9.17) is 4.74 Å². The van der Waals surface area contributed by atoms with Crippen LogP contribution in [0.3, 0.4) is 0 Å². The number of anilines is 1. The molecule has 25 heavy (non-hydrogen) atoms. The van der Waals surface area contributed by atoms with Crippen molar-refractivity contribution < 1.29 is 9.53 Å². The number of H-pyrrole nitrogens is 1. The summed E-state index contributed by atoms with van der Waals surface area (Å²) in [6.45, 7) is 11.4. The van der Waals surface area contributed by atoms with E-state index in [0.717, 1.165) is 23.1 Å². The maximum absolute atomic E-state index is 12.6. The van der Waals surface area contributed by atoms with Gasteiger partial charge >= 0.3 is 6.09 Å². The fraction of sp³-hybridized carbons (Fsp3) is 0.526. The minimum atomic E-state index is -0.476. The molecule has 1 N–H and O–H groups in total. The van der Waals surface area contributed by atoms with Gasteiger partial charge in [-0.15, -0.1) is 0 Å². The minimum absolute atomic E-state index is 0.0799. The third-order valence-electron chi connectivity index (χ3n) is 4.51. The molecule has 0 bridgehead atoms. The van der Waals surface area contributed by atoms with Crippen LogP contribution >= 0.6 is 15.9 Å². The van der Waals surface area contributed by atoms with Gasteiger partial charge in [-0.3, -0.25) is 4.90 Å². The van der Waals surface area contributed by atoms with E-state index in [-0.39, 0.29) is 18.2 Å². The van der Waals surface area contributed by atoms with E-state index in [9.17, 15) is 4.79 Å². The van der Waals surface area contributed by atoms with Crippen LogP contribution in [0, 0.1) is 0 Å². The molecule has 2 aromatic rings. The lowest BCUT2D eigenvalue weighted by Crippen LogP contribution is -2.59. The average Bonchev–Trinajstić information content (AvgIpc) is 2.95. The number of aromatic nitrogens is 1. The van der Waals surface area contributed by atoms with Crippen LogP contribution in [0.25, 0.3) is 10.9 Å². The summed E-state index contributed by atoms with van der Waals surface area (Å²) in [5.41, 5.74) is 1.82. The number of hydrogen-bond donors (Lipinski definition) is 1. The number of aromatic amines is 1. The van der Waals surface area contributed by atoms with E-state index in [1.165, 1.54) is 11.1 Å². The van der Waals surface area contributed by atoms with E-state index >= 15 is 0 Å². The smallest absolute Gasteiger partial charge is 0.410 e. The van der Waals surface area contributed by atoms with Gasteiger partial charge in [0.2, 0.25) is 0 Å². The van der Waals surface area contributed by atoms with Gasteiger partial charge in [-0.1, -0.05) is 0 Å². The lowest BCUT2D eigenvalue weighted by Gasteiger charge is -2.45. The summed E-state index contributed by atoms with van der Waals surface area (Å²) in [5.74, 6) is 0. The maximum Gasteiger partial charge on any atom is 0.410 e. The van der Waals surface area contributed by atoms with Crippen LogP contribution in [0.1, 0.15) is 34.6 Å². The number of halogens is 1.